The normalized spacial score (nSPS) is 21.1. The molecule has 1 fully saturated rings. The van der Waals surface area contributed by atoms with Gasteiger partial charge in [0.1, 0.15) is 0 Å². The van der Waals surface area contributed by atoms with Crippen molar-refractivity contribution in [3.8, 4) is 0 Å². The molecule has 1 aromatic carbocycles. The van der Waals surface area contributed by atoms with Crippen molar-refractivity contribution in [2.75, 3.05) is 6.61 Å². The highest BCUT2D eigenvalue weighted by atomic mass is 16.5. The summed E-state index contributed by atoms with van der Waals surface area (Å²) in [6, 6.07) is 10.5. The smallest absolute Gasteiger partial charge is 0.0637 e. The third kappa shape index (κ3) is 3.24. The molecule has 0 saturated carbocycles. The molecule has 2 rings (SSSR count). The standard InChI is InChI=1S/C18H28O2/c1-3-18(4-2,15-9-6-5-7-10-15)17(19)13-12-16-11-8-14-20-16/h5-7,9-10,16-17,19H,3-4,8,11-14H2,1-2H3. The minimum atomic E-state index is -0.288. The SMILES string of the molecule is CCC(CC)(c1ccccc1)C(O)CCC1CCCO1. The lowest BCUT2D eigenvalue weighted by Crippen LogP contribution is -2.39. The lowest BCUT2D eigenvalue weighted by Gasteiger charge is -2.37. The van der Waals surface area contributed by atoms with Gasteiger partial charge in [-0.2, -0.15) is 0 Å². The molecule has 112 valence electrons. The van der Waals surface area contributed by atoms with Crippen LogP contribution in [0.5, 0.6) is 0 Å². The van der Waals surface area contributed by atoms with Gasteiger partial charge in [-0.05, 0) is 44.1 Å². The van der Waals surface area contributed by atoms with E-state index in [9.17, 15) is 5.11 Å². The van der Waals surface area contributed by atoms with E-state index >= 15 is 0 Å². The zero-order chi connectivity index (χ0) is 14.4. The molecule has 0 spiro atoms. The van der Waals surface area contributed by atoms with Crippen molar-refractivity contribution < 1.29 is 9.84 Å². The van der Waals surface area contributed by atoms with Crippen LogP contribution in [-0.4, -0.2) is 23.9 Å². The van der Waals surface area contributed by atoms with Crippen LogP contribution < -0.4 is 0 Å². The van der Waals surface area contributed by atoms with Crippen LogP contribution in [0.1, 0.15) is 57.9 Å². The Labute approximate surface area is 123 Å². The third-order valence-electron chi connectivity index (χ3n) is 5.03. The minimum absolute atomic E-state index is 0.111. The second-order valence-corrected chi connectivity index (χ2v) is 5.96. The van der Waals surface area contributed by atoms with Crippen LogP contribution >= 0.6 is 0 Å². The highest BCUT2D eigenvalue weighted by molar-refractivity contribution is 5.26. The Hall–Kier alpha value is -0.860. The molecule has 0 amide bonds. The number of ether oxygens (including phenoxy) is 1. The highest BCUT2D eigenvalue weighted by Crippen LogP contribution is 2.37. The first kappa shape index (κ1) is 15.5. The second kappa shape index (κ2) is 7.24. The molecule has 1 heterocycles. The topological polar surface area (TPSA) is 29.5 Å². The fourth-order valence-corrected chi connectivity index (χ4v) is 3.58. The fourth-order valence-electron chi connectivity index (χ4n) is 3.58. The average Bonchev–Trinajstić information content (AvgIpc) is 3.01. The Morgan fingerprint density at radius 2 is 1.95 bits per heavy atom. The van der Waals surface area contributed by atoms with Gasteiger partial charge in [0.25, 0.3) is 0 Å². The van der Waals surface area contributed by atoms with Crippen molar-refractivity contribution in [1.82, 2.24) is 0 Å². The van der Waals surface area contributed by atoms with Crippen LogP contribution in [0.4, 0.5) is 0 Å². The van der Waals surface area contributed by atoms with Crippen molar-refractivity contribution in [2.24, 2.45) is 0 Å². The zero-order valence-corrected chi connectivity index (χ0v) is 12.8. The molecular formula is C18H28O2. The Morgan fingerprint density at radius 3 is 2.50 bits per heavy atom. The van der Waals surface area contributed by atoms with Gasteiger partial charge in [0, 0.05) is 12.0 Å². The van der Waals surface area contributed by atoms with E-state index in [-0.39, 0.29) is 11.5 Å². The number of hydrogen-bond donors (Lipinski definition) is 1. The van der Waals surface area contributed by atoms with Gasteiger partial charge in [0.2, 0.25) is 0 Å². The largest absolute Gasteiger partial charge is 0.392 e. The number of rotatable bonds is 7. The van der Waals surface area contributed by atoms with Crippen LogP contribution in [0.25, 0.3) is 0 Å². The Balaban J connectivity index is 2.06. The summed E-state index contributed by atoms with van der Waals surface area (Å²) in [5.74, 6) is 0. The summed E-state index contributed by atoms with van der Waals surface area (Å²) in [6.45, 7) is 5.27. The van der Waals surface area contributed by atoms with Gasteiger partial charge in [-0.15, -0.1) is 0 Å². The van der Waals surface area contributed by atoms with Crippen molar-refractivity contribution in [3.05, 3.63) is 35.9 Å². The average molecular weight is 276 g/mol. The maximum Gasteiger partial charge on any atom is 0.0637 e. The lowest BCUT2D eigenvalue weighted by molar-refractivity contribution is 0.0395. The quantitative estimate of drug-likeness (QED) is 0.813. The van der Waals surface area contributed by atoms with E-state index in [0.717, 1.165) is 38.7 Å². The summed E-state index contributed by atoms with van der Waals surface area (Å²) in [7, 11) is 0. The van der Waals surface area contributed by atoms with E-state index in [4.69, 9.17) is 4.74 Å². The molecule has 1 saturated heterocycles. The first-order valence-electron chi connectivity index (χ1n) is 8.08. The van der Waals surface area contributed by atoms with Gasteiger partial charge in [-0.25, -0.2) is 0 Å². The molecule has 0 radical (unpaired) electrons. The third-order valence-corrected chi connectivity index (χ3v) is 5.03. The Bertz CT molecular complexity index is 378. The van der Waals surface area contributed by atoms with E-state index in [1.807, 2.05) is 6.07 Å². The van der Waals surface area contributed by atoms with Crippen LogP contribution in [0.2, 0.25) is 0 Å². The summed E-state index contributed by atoms with van der Waals surface area (Å²) < 4.78 is 5.68. The van der Waals surface area contributed by atoms with E-state index in [2.05, 4.69) is 38.1 Å². The van der Waals surface area contributed by atoms with E-state index in [1.54, 1.807) is 0 Å². The van der Waals surface area contributed by atoms with Crippen molar-refractivity contribution >= 4 is 0 Å². The van der Waals surface area contributed by atoms with Crippen LogP contribution in [0.15, 0.2) is 30.3 Å². The number of hydrogen-bond acceptors (Lipinski definition) is 2. The molecule has 1 aliphatic rings. The molecule has 1 aliphatic heterocycles. The van der Waals surface area contributed by atoms with Gasteiger partial charge in [-0.1, -0.05) is 44.2 Å². The molecule has 2 atom stereocenters. The van der Waals surface area contributed by atoms with Gasteiger partial charge < -0.3 is 9.84 Å². The molecular weight excluding hydrogens is 248 g/mol. The zero-order valence-electron chi connectivity index (χ0n) is 12.8. The van der Waals surface area contributed by atoms with Gasteiger partial charge in [0.15, 0.2) is 0 Å². The molecule has 2 heteroatoms. The molecule has 0 aliphatic carbocycles. The Kier molecular flexibility index (Phi) is 5.62. The van der Waals surface area contributed by atoms with Crippen molar-refractivity contribution in [1.29, 1.82) is 0 Å². The summed E-state index contributed by atoms with van der Waals surface area (Å²) in [5, 5.41) is 10.8. The van der Waals surface area contributed by atoms with Crippen LogP contribution in [-0.2, 0) is 10.2 Å². The predicted octanol–water partition coefficient (Wildman–Crippen LogP) is 4.06. The molecule has 20 heavy (non-hydrogen) atoms. The molecule has 2 nitrogen and oxygen atoms in total. The maximum atomic E-state index is 10.8. The molecule has 1 N–H and O–H groups in total. The fraction of sp³-hybridized carbons (Fsp3) is 0.667. The van der Waals surface area contributed by atoms with Crippen molar-refractivity contribution in [3.63, 3.8) is 0 Å². The lowest BCUT2D eigenvalue weighted by atomic mass is 9.70. The van der Waals surface area contributed by atoms with Gasteiger partial charge >= 0.3 is 0 Å². The number of aliphatic hydroxyl groups excluding tert-OH is 1. The second-order valence-electron chi connectivity index (χ2n) is 5.96. The van der Waals surface area contributed by atoms with E-state index in [1.165, 1.54) is 12.0 Å². The summed E-state index contributed by atoms with van der Waals surface area (Å²) in [4.78, 5) is 0. The van der Waals surface area contributed by atoms with Gasteiger partial charge in [-0.3, -0.25) is 0 Å². The van der Waals surface area contributed by atoms with E-state index < -0.39 is 0 Å². The number of aliphatic hydroxyl groups is 1. The minimum Gasteiger partial charge on any atom is -0.392 e. The first-order valence-corrected chi connectivity index (χ1v) is 8.08. The van der Waals surface area contributed by atoms with Crippen molar-refractivity contribution in [2.45, 2.75) is 70.0 Å². The molecule has 0 bridgehead atoms. The van der Waals surface area contributed by atoms with Crippen LogP contribution in [0, 0.1) is 0 Å². The summed E-state index contributed by atoms with van der Waals surface area (Å²) in [5.41, 5.74) is 1.16. The van der Waals surface area contributed by atoms with E-state index in [0.29, 0.717) is 6.10 Å². The van der Waals surface area contributed by atoms with Gasteiger partial charge in [0.05, 0.1) is 12.2 Å². The monoisotopic (exact) mass is 276 g/mol. The first-order chi connectivity index (χ1) is 9.73. The Morgan fingerprint density at radius 1 is 1.25 bits per heavy atom. The number of benzene rings is 1. The highest BCUT2D eigenvalue weighted by Gasteiger charge is 2.36. The molecule has 0 aromatic heterocycles. The summed E-state index contributed by atoms with van der Waals surface area (Å²) in [6.07, 6.45) is 6.17. The van der Waals surface area contributed by atoms with Crippen LogP contribution in [0.3, 0.4) is 0 Å². The predicted molar refractivity (Wildman–Crippen MR) is 82.9 cm³/mol. The molecule has 1 aromatic rings. The summed E-state index contributed by atoms with van der Waals surface area (Å²) >= 11 is 0. The maximum absolute atomic E-state index is 10.8. The molecule has 2 unspecified atom stereocenters.